The molecule has 1 unspecified atom stereocenters. The van der Waals surface area contributed by atoms with Gasteiger partial charge in [0.25, 0.3) is 0 Å². The monoisotopic (exact) mass is 406 g/mol. The lowest BCUT2D eigenvalue weighted by Gasteiger charge is -2.30. The molecule has 1 aliphatic heterocycles. The lowest BCUT2D eigenvalue weighted by atomic mass is 10.1. The van der Waals surface area contributed by atoms with E-state index >= 15 is 0 Å². The lowest BCUT2D eigenvalue weighted by molar-refractivity contribution is -0.132. The molecule has 154 valence electrons. The minimum absolute atomic E-state index is 0.100. The lowest BCUT2D eigenvalue weighted by Crippen LogP contribution is -2.43. The van der Waals surface area contributed by atoms with E-state index < -0.39 is 0 Å². The van der Waals surface area contributed by atoms with E-state index in [9.17, 15) is 4.79 Å². The van der Waals surface area contributed by atoms with Crippen LogP contribution in [0.2, 0.25) is 0 Å². The van der Waals surface area contributed by atoms with Crippen LogP contribution in [-0.2, 0) is 4.79 Å². The summed E-state index contributed by atoms with van der Waals surface area (Å²) in [6, 6.07) is 4.02. The van der Waals surface area contributed by atoms with Crippen molar-refractivity contribution in [2.75, 3.05) is 26.0 Å². The van der Waals surface area contributed by atoms with Gasteiger partial charge in [-0.25, -0.2) is 0 Å². The molecule has 10 heteroatoms. The second kappa shape index (κ2) is 6.97. The molecule has 0 radical (unpaired) electrons. The molecule has 1 fully saturated rings. The summed E-state index contributed by atoms with van der Waals surface area (Å²) in [6.45, 7) is 2.54. The van der Waals surface area contributed by atoms with Crippen molar-refractivity contribution in [2.24, 2.45) is 0 Å². The van der Waals surface area contributed by atoms with Gasteiger partial charge in [0.15, 0.2) is 5.65 Å². The first-order valence-corrected chi connectivity index (χ1v) is 9.79. The predicted molar refractivity (Wildman–Crippen MR) is 111 cm³/mol. The highest BCUT2D eigenvalue weighted by atomic mass is 16.5. The quantitative estimate of drug-likeness (QED) is 0.533. The van der Waals surface area contributed by atoms with Gasteiger partial charge < -0.3 is 19.9 Å². The van der Waals surface area contributed by atoms with E-state index in [2.05, 4.69) is 30.5 Å². The van der Waals surface area contributed by atoms with Crippen LogP contribution in [0.3, 0.4) is 0 Å². The Morgan fingerprint density at radius 1 is 1.27 bits per heavy atom. The number of likely N-dealkylation sites (tertiary alicyclic amines) is 1. The van der Waals surface area contributed by atoms with E-state index in [1.807, 2.05) is 42.9 Å². The van der Waals surface area contributed by atoms with E-state index in [4.69, 9.17) is 4.74 Å². The van der Waals surface area contributed by atoms with E-state index in [0.717, 1.165) is 34.4 Å². The van der Waals surface area contributed by atoms with Crippen LogP contribution in [0.15, 0.2) is 24.5 Å². The van der Waals surface area contributed by atoms with Gasteiger partial charge in [-0.1, -0.05) is 0 Å². The zero-order valence-electron chi connectivity index (χ0n) is 17.0. The van der Waals surface area contributed by atoms with Crippen molar-refractivity contribution in [1.29, 1.82) is 0 Å². The number of carbonyl (C=O) groups is 1. The topological polar surface area (TPSA) is 113 Å². The number of ether oxygens (including phenoxy) is 1. The number of rotatable bonds is 4. The molecule has 5 heterocycles. The normalized spacial score (nSPS) is 17.1. The van der Waals surface area contributed by atoms with Gasteiger partial charge in [-0.3, -0.25) is 9.20 Å². The van der Waals surface area contributed by atoms with Crippen molar-refractivity contribution in [1.82, 2.24) is 34.4 Å². The van der Waals surface area contributed by atoms with Gasteiger partial charge in [-0.2, -0.15) is 9.97 Å². The number of fused-ring (bicyclic) bond motifs is 2. The Balaban J connectivity index is 1.52. The van der Waals surface area contributed by atoms with E-state index in [-0.39, 0.29) is 11.9 Å². The van der Waals surface area contributed by atoms with Crippen molar-refractivity contribution in [3.05, 3.63) is 30.4 Å². The standard InChI is InChI=1S/C20H22N8O2/c1-11-25-26-15-6-4-12(9-28(11)15)14-8-21-18-17(14)19(30-3)24-20(23-18)22-13-5-7-16(29)27(2)10-13/h4,6,8-9,13H,5,7,10H2,1-3H3,(H2,21,22,23,24). The Morgan fingerprint density at radius 3 is 2.93 bits per heavy atom. The molecule has 1 aliphatic rings. The molecule has 0 aromatic carbocycles. The average molecular weight is 406 g/mol. The number of aromatic amines is 1. The van der Waals surface area contributed by atoms with Crippen molar-refractivity contribution >= 4 is 28.5 Å². The van der Waals surface area contributed by atoms with Crippen molar-refractivity contribution in [2.45, 2.75) is 25.8 Å². The molecule has 1 amide bonds. The minimum atomic E-state index is 0.100. The number of anilines is 1. The van der Waals surface area contributed by atoms with Crippen LogP contribution in [0.5, 0.6) is 5.88 Å². The third-order valence-electron chi connectivity index (χ3n) is 5.54. The van der Waals surface area contributed by atoms with Crippen LogP contribution < -0.4 is 10.1 Å². The number of methoxy groups -OCH3 is 1. The van der Waals surface area contributed by atoms with Gasteiger partial charge in [-0.05, 0) is 25.5 Å². The van der Waals surface area contributed by atoms with Crippen LogP contribution >= 0.6 is 0 Å². The maximum absolute atomic E-state index is 11.7. The first-order chi connectivity index (χ1) is 14.5. The van der Waals surface area contributed by atoms with Crippen LogP contribution in [0, 0.1) is 6.92 Å². The Kier molecular flexibility index (Phi) is 4.27. The number of nitrogens with one attached hydrogen (secondary N) is 2. The summed E-state index contributed by atoms with van der Waals surface area (Å²) in [6.07, 6.45) is 5.17. The largest absolute Gasteiger partial charge is 0.480 e. The molecule has 0 spiro atoms. The summed E-state index contributed by atoms with van der Waals surface area (Å²) < 4.78 is 7.55. The van der Waals surface area contributed by atoms with E-state index in [1.54, 1.807) is 12.0 Å². The molecule has 5 rings (SSSR count). The molecule has 4 aromatic heterocycles. The van der Waals surface area contributed by atoms with Crippen LogP contribution in [0.4, 0.5) is 5.95 Å². The Bertz CT molecular complexity index is 1260. The van der Waals surface area contributed by atoms with Crippen molar-refractivity contribution < 1.29 is 9.53 Å². The van der Waals surface area contributed by atoms with Crippen LogP contribution in [0.1, 0.15) is 18.7 Å². The number of likely N-dealkylation sites (N-methyl/N-ethyl adjacent to an activating group) is 1. The second-order valence-electron chi connectivity index (χ2n) is 7.53. The highest BCUT2D eigenvalue weighted by Gasteiger charge is 2.24. The number of carbonyl (C=O) groups excluding carboxylic acids is 1. The fraction of sp³-hybridized carbons (Fsp3) is 0.350. The maximum Gasteiger partial charge on any atom is 0.228 e. The van der Waals surface area contributed by atoms with Gasteiger partial charge in [0.1, 0.15) is 11.5 Å². The zero-order chi connectivity index (χ0) is 20.8. The molecular weight excluding hydrogens is 384 g/mol. The molecule has 10 nitrogen and oxygen atoms in total. The molecule has 2 N–H and O–H groups in total. The molecule has 0 bridgehead atoms. The number of hydrogen-bond donors (Lipinski definition) is 2. The first-order valence-electron chi connectivity index (χ1n) is 9.79. The highest BCUT2D eigenvalue weighted by molar-refractivity contribution is 5.97. The van der Waals surface area contributed by atoms with Crippen molar-refractivity contribution in [3.8, 4) is 17.0 Å². The summed E-state index contributed by atoms with van der Waals surface area (Å²) in [4.78, 5) is 25.9. The smallest absolute Gasteiger partial charge is 0.228 e. The summed E-state index contributed by atoms with van der Waals surface area (Å²) in [7, 11) is 3.41. The van der Waals surface area contributed by atoms with Crippen LogP contribution in [0.25, 0.3) is 27.8 Å². The summed E-state index contributed by atoms with van der Waals surface area (Å²) in [5.74, 6) is 1.94. The number of aromatic nitrogens is 6. The van der Waals surface area contributed by atoms with Crippen LogP contribution in [-0.4, -0.2) is 67.1 Å². The Labute approximate surface area is 172 Å². The first kappa shape index (κ1) is 18.3. The Hall–Kier alpha value is -3.69. The molecule has 1 saturated heterocycles. The predicted octanol–water partition coefficient (Wildman–Crippen LogP) is 2.02. The molecule has 30 heavy (non-hydrogen) atoms. The fourth-order valence-electron chi connectivity index (χ4n) is 3.92. The summed E-state index contributed by atoms with van der Waals surface area (Å²) >= 11 is 0. The number of hydrogen-bond acceptors (Lipinski definition) is 7. The number of aryl methyl sites for hydroxylation is 1. The third kappa shape index (κ3) is 3.00. The molecule has 0 aliphatic carbocycles. The summed E-state index contributed by atoms with van der Waals surface area (Å²) in [5, 5.41) is 12.4. The minimum Gasteiger partial charge on any atom is -0.480 e. The van der Waals surface area contributed by atoms with Crippen molar-refractivity contribution in [3.63, 3.8) is 0 Å². The Morgan fingerprint density at radius 2 is 2.13 bits per heavy atom. The number of H-pyrrole nitrogens is 1. The molecular formula is C20H22N8O2. The number of nitrogens with zero attached hydrogens (tertiary/aromatic N) is 6. The van der Waals surface area contributed by atoms with Gasteiger partial charge >= 0.3 is 0 Å². The molecule has 4 aromatic rings. The highest BCUT2D eigenvalue weighted by Crippen LogP contribution is 2.34. The number of pyridine rings is 1. The molecule has 1 atom stereocenters. The molecule has 0 saturated carbocycles. The van der Waals surface area contributed by atoms with Gasteiger partial charge in [0.05, 0.1) is 12.5 Å². The SMILES string of the molecule is COc1nc(NC2CCC(=O)N(C)C2)nc2[nH]cc(-c3ccc4nnc(C)n4c3)c12. The second-order valence-corrected chi connectivity index (χ2v) is 7.53. The number of piperidine rings is 1. The third-order valence-corrected chi connectivity index (χ3v) is 5.54. The van der Waals surface area contributed by atoms with E-state index in [1.165, 1.54) is 0 Å². The number of amides is 1. The van der Waals surface area contributed by atoms with Gasteiger partial charge in [0, 0.05) is 49.6 Å². The van der Waals surface area contributed by atoms with Gasteiger partial charge in [0.2, 0.25) is 17.7 Å². The summed E-state index contributed by atoms with van der Waals surface area (Å²) in [5.41, 5.74) is 3.39. The fourth-order valence-corrected chi connectivity index (χ4v) is 3.92. The van der Waals surface area contributed by atoms with Gasteiger partial charge in [-0.15, -0.1) is 10.2 Å². The maximum atomic E-state index is 11.7. The van der Waals surface area contributed by atoms with E-state index in [0.29, 0.717) is 30.4 Å². The average Bonchev–Trinajstić information content (AvgIpc) is 3.34. The zero-order valence-corrected chi connectivity index (χ0v) is 17.0.